The first kappa shape index (κ1) is 21.6. The van der Waals surface area contributed by atoms with Gasteiger partial charge in [-0.3, -0.25) is 19.4 Å². The van der Waals surface area contributed by atoms with E-state index < -0.39 is 5.91 Å². The lowest BCUT2D eigenvalue weighted by Crippen LogP contribution is -2.45. The predicted molar refractivity (Wildman–Crippen MR) is 119 cm³/mol. The Hall–Kier alpha value is -3.66. The second-order valence-corrected chi connectivity index (χ2v) is 8.38. The van der Waals surface area contributed by atoms with Crippen molar-refractivity contribution >= 4 is 34.7 Å². The van der Waals surface area contributed by atoms with Crippen molar-refractivity contribution in [1.29, 1.82) is 0 Å². The van der Waals surface area contributed by atoms with E-state index in [4.69, 9.17) is 0 Å². The highest BCUT2D eigenvalue weighted by atomic mass is 32.1. The van der Waals surface area contributed by atoms with Crippen LogP contribution in [-0.2, 0) is 11.3 Å². The molecule has 10 heteroatoms. The molecular formula is C22H22N6O3S. The summed E-state index contributed by atoms with van der Waals surface area (Å²) in [6.45, 7) is 1.24. The zero-order valence-electron chi connectivity index (χ0n) is 17.2. The predicted octanol–water partition coefficient (Wildman–Crippen LogP) is 2.35. The summed E-state index contributed by atoms with van der Waals surface area (Å²) >= 11 is 0.946. The van der Waals surface area contributed by atoms with Gasteiger partial charge in [0, 0.05) is 37.7 Å². The summed E-state index contributed by atoms with van der Waals surface area (Å²) in [6, 6.07) is 12.7. The molecule has 0 aliphatic carbocycles. The number of pyridine rings is 1. The Morgan fingerprint density at radius 1 is 1.06 bits per heavy atom. The third-order valence-corrected chi connectivity index (χ3v) is 6.01. The van der Waals surface area contributed by atoms with Crippen LogP contribution in [0.15, 0.2) is 54.9 Å². The van der Waals surface area contributed by atoms with Crippen LogP contribution in [0.25, 0.3) is 0 Å². The molecule has 3 heterocycles. The molecule has 0 spiro atoms. The second kappa shape index (κ2) is 10.1. The fourth-order valence-corrected chi connectivity index (χ4v) is 4.16. The summed E-state index contributed by atoms with van der Waals surface area (Å²) in [6.07, 6.45) is 4.82. The highest BCUT2D eigenvalue weighted by Gasteiger charge is 2.30. The number of aromatic nitrogens is 3. The lowest BCUT2D eigenvalue weighted by molar-refractivity contribution is -0.126. The molecule has 3 aromatic rings. The maximum Gasteiger partial charge on any atom is 0.286 e. The molecule has 0 bridgehead atoms. The number of hydrogen-bond acceptors (Lipinski definition) is 7. The first-order chi connectivity index (χ1) is 15.6. The number of nitrogens with one attached hydrogen (secondary N) is 2. The molecule has 2 aromatic heterocycles. The molecule has 1 saturated heterocycles. The molecule has 164 valence electrons. The van der Waals surface area contributed by atoms with Crippen molar-refractivity contribution in [2.45, 2.75) is 19.4 Å². The highest BCUT2D eigenvalue weighted by Crippen LogP contribution is 2.21. The largest absolute Gasteiger partial charge is 0.352 e. The van der Waals surface area contributed by atoms with Crippen LogP contribution < -0.4 is 10.6 Å². The Labute approximate surface area is 188 Å². The van der Waals surface area contributed by atoms with Gasteiger partial charge in [-0.1, -0.05) is 35.6 Å². The molecule has 0 radical (unpaired) electrons. The van der Waals surface area contributed by atoms with Crippen molar-refractivity contribution in [3.63, 3.8) is 0 Å². The van der Waals surface area contributed by atoms with Crippen molar-refractivity contribution in [3.05, 3.63) is 70.4 Å². The van der Waals surface area contributed by atoms with Crippen LogP contribution in [0.3, 0.4) is 0 Å². The molecule has 9 nitrogen and oxygen atoms in total. The van der Waals surface area contributed by atoms with Crippen molar-refractivity contribution in [2.75, 3.05) is 18.4 Å². The van der Waals surface area contributed by atoms with E-state index in [2.05, 4.69) is 25.8 Å². The molecule has 32 heavy (non-hydrogen) atoms. The summed E-state index contributed by atoms with van der Waals surface area (Å²) in [5, 5.41) is 13.7. The lowest BCUT2D eigenvalue weighted by Gasteiger charge is -2.31. The van der Waals surface area contributed by atoms with Gasteiger partial charge in [0.1, 0.15) is 0 Å². The van der Waals surface area contributed by atoms with E-state index >= 15 is 0 Å². The van der Waals surface area contributed by atoms with E-state index in [1.165, 1.54) is 0 Å². The summed E-state index contributed by atoms with van der Waals surface area (Å²) in [7, 11) is 0. The standard InChI is InChI=1S/C22H22N6O3S/c29-18(24-13-15-6-4-10-23-12-15)16-7-5-11-28(14-16)22(31)21-27-26-20(32-21)19(30)25-17-8-2-1-3-9-17/h1-4,6,8-10,12,16H,5,7,11,13-14H2,(H,24,29)(H,25,30). The Morgan fingerprint density at radius 3 is 2.66 bits per heavy atom. The van der Waals surface area contributed by atoms with Gasteiger partial charge in [0.15, 0.2) is 0 Å². The fraction of sp³-hybridized carbons (Fsp3) is 0.273. The smallest absolute Gasteiger partial charge is 0.286 e. The number of benzene rings is 1. The van der Waals surface area contributed by atoms with Gasteiger partial charge in [0.05, 0.1) is 5.92 Å². The van der Waals surface area contributed by atoms with Gasteiger partial charge < -0.3 is 15.5 Å². The third kappa shape index (κ3) is 5.33. The van der Waals surface area contributed by atoms with Gasteiger partial charge in [-0.15, -0.1) is 10.2 Å². The van der Waals surface area contributed by atoms with Crippen molar-refractivity contribution in [1.82, 2.24) is 25.4 Å². The molecule has 4 rings (SSSR count). The number of hydrogen-bond donors (Lipinski definition) is 2. The van der Waals surface area contributed by atoms with Crippen LogP contribution in [0.1, 0.15) is 38.0 Å². The number of nitrogens with zero attached hydrogens (tertiary/aromatic N) is 4. The molecule has 1 aromatic carbocycles. The summed E-state index contributed by atoms with van der Waals surface area (Å²) in [5.41, 5.74) is 1.55. The minimum Gasteiger partial charge on any atom is -0.352 e. The summed E-state index contributed by atoms with van der Waals surface area (Å²) in [4.78, 5) is 43.5. The molecule has 1 aliphatic rings. The highest BCUT2D eigenvalue weighted by molar-refractivity contribution is 7.15. The van der Waals surface area contributed by atoms with Crippen molar-refractivity contribution in [2.24, 2.45) is 5.92 Å². The summed E-state index contributed by atoms with van der Waals surface area (Å²) < 4.78 is 0. The molecule has 0 saturated carbocycles. The number of para-hydroxylation sites is 1. The van der Waals surface area contributed by atoms with Crippen LogP contribution in [0, 0.1) is 5.92 Å². The van der Waals surface area contributed by atoms with E-state index in [1.54, 1.807) is 29.4 Å². The monoisotopic (exact) mass is 450 g/mol. The molecular weight excluding hydrogens is 428 g/mol. The van der Waals surface area contributed by atoms with E-state index in [1.807, 2.05) is 30.3 Å². The Morgan fingerprint density at radius 2 is 1.88 bits per heavy atom. The fourth-order valence-electron chi connectivity index (χ4n) is 3.45. The Bertz CT molecular complexity index is 1090. The second-order valence-electron chi connectivity index (χ2n) is 7.40. The van der Waals surface area contributed by atoms with E-state index in [9.17, 15) is 14.4 Å². The van der Waals surface area contributed by atoms with Crippen LogP contribution in [0.5, 0.6) is 0 Å². The van der Waals surface area contributed by atoms with Crippen LogP contribution in [0.2, 0.25) is 0 Å². The number of amides is 3. The zero-order chi connectivity index (χ0) is 22.3. The average Bonchev–Trinajstić information content (AvgIpc) is 3.34. The van der Waals surface area contributed by atoms with Crippen LogP contribution >= 0.6 is 11.3 Å². The topological polar surface area (TPSA) is 117 Å². The molecule has 1 unspecified atom stereocenters. The van der Waals surface area contributed by atoms with Gasteiger partial charge in [-0.25, -0.2) is 0 Å². The number of rotatable bonds is 6. The van der Waals surface area contributed by atoms with Crippen LogP contribution in [-0.4, -0.2) is 50.9 Å². The van der Waals surface area contributed by atoms with Crippen molar-refractivity contribution < 1.29 is 14.4 Å². The number of likely N-dealkylation sites (tertiary alicyclic amines) is 1. The number of piperidine rings is 1. The molecule has 1 atom stereocenters. The summed E-state index contributed by atoms with van der Waals surface area (Å²) in [5.74, 6) is -1.12. The molecule has 1 fully saturated rings. The molecule has 1 aliphatic heterocycles. The minimum absolute atomic E-state index is 0.0912. The van der Waals surface area contributed by atoms with E-state index in [0.29, 0.717) is 31.7 Å². The SMILES string of the molecule is O=C(Nc1ccccc1)c1nnc(C(=O)N2CCCC(C(=O)NCc3cccnc3)C2)s1. The molecule has 3 amide bonds. The van der Waals surface area contributed by atoms with Gasteiger partial charge in [-0.05, 0) is 36.6 Å². The van der Waals surface area contributed by atoms with Gasteiger partial charge >= 0.3 is 0 Å². The quantitative estimate of drug-likeness (QED) is 0.595. The Balaban J connectivity index is 1.34. The zero-order valence-corrected chi connectivity index (χ0v) is 18.0. The third-order valence-electron chi connectivity index (χ3n) is 5.10. The maximum atomic E-state index is 12.9. The maximum absolute atomic E-state index is 12.9. The Kier molecular flexibility index (Phi) is 6.81. The average molecular weight is 451 g/mol. The molecule has 2 N–H and O–H groups in total. The number of carbonyl (C=O) groups is 3. The van der Waals surface area contributed by atoms with Gasteiger partial charge in [0.2, 0.25) is 15.9 Å². The number of anilines is 1. The van der Waals surface area contributed by atoms with Gasteiger partial charge in [0.25, 0.3) is 11.8 Å². The van der Waals surface area contributed by atoms with Gasteiger partial charge in [-0.2, -0.15) is 0 Å². The van der Waals surface area contributed by atoms with Crippen LogP contribution in [0.4, 0.5) is 5.69 Å². The van der Waals surface area contributed by atoms with E-state index in [0.717, 1.165) is 23.3 Å². The van der Waals surface area contributed by atoms with Crippen molar-refractivity contribution in [3.8, 4) is 0 Å². The normalized spacial score (nSPS) is 15.8. The van der Waals surface area contributed by atoms with E-state index in [-0.39, 0.29) is 27.7 Å². The lowest BCUT2D eigenvalue weighted by atomic mass is 9.97. The first-order valence-electron chi connectivity index (χ1n) is 10.3. The minimum atomic E-state index is -0.418. The number of carbonyl (C=O) groups excluding carboxylic acids is 3. The first-order valence-corrected chi connectivity index (χ1v) is 11.1.